The van der Waals surface area contributed by atoms with Crippen molar-refractivity contribution in [2.24, 2.45) is 5.73 Å². The molecule has 0 bridgehead atoms. The van der Waals surface area contributed by atoms with Gasteiger partial charge < -0.3 is 11.1 Å². The maximum Gasteiger partial charge on any atom is 0.264 e. The molecule has 0 radical (unpaired) electrons. The number of nitrogens with zero attached hydrogens (tertiary/aromatic N) is 2. The van der Waals surface area contributed by atoms with Crippen LogP contribution in [0.3, 0.4) is 0 Å². The minimum atomic E-state index is -0.714. The summed E-state index contributed by atoms with van der Waals surface area (Å²) in [7, 11) is 0. The van der Waals surface area contributed by atoms with Gasteiger partial charge in [-0.25, -0.2) is 4.98 Å². The Labute approximate surface area is 203 Å². The van der Waals surface area contributed by atoms with Crippen LogP contribution >= 0.6 is 0 Å². The number of aromatic nitrogens is 2. The van der Waals surface area contributed by atoms with Gasteiger partial charge in [-0.05, 0) is 44.9 Å². The summed E-state index contributed by atoms with van der Waals surface area (Å²) in [4.78, 5) is 41.7. The predicted octanol–water partition coefficient (Wildman–Crippen LogP) is 4.45. The molecule has 34 heavy (non-hydrogen) atoms. The summed E-state index contributed by atoms with van der Waals surface area (Å²) < 4.78 is 1.42. The first-order chi connectivity index (χ1) is 16.5. The number of unbranched alkanes of at least 4 members (excludes halogenated alkanes) is 5. The number of nitrogens with two attached hydrogens (primary N) is 1. The molecule has 1 saturated heterocycles. The quantitative estimate of drug-likeness (QED) is 0.346. The highest BCUT2D eigenvalue weighted by molar-refractivity contribution is 5.99. The number of imide groups is 1. The summed E-state index contributed by atoms with van der Waals surface area (Å²) in [5.41, 5.74) is 6.60. The molecule has 2 heterocycles. The summed E-state index contributed by atoms with van der Waals surface area (Å²) in [6.07, 6.45) is 7.30. The molecule has 3 rings (SSSR count). The van der Waals surface area contributed by atoms with Crippen LogP contribution in [0.4, 0.5) is 5.69 Å². The Balaban J connectivity index is 0.00000137. The number of nitrogens with one attached hydrogen (secondary N) is 2. The van der Waals surface area contributed by atoms with E-state index in [1.54, 1.807) is 13.0 Å². The van der Waals surface area contributed by atoms with Gasteiger partial charge in [0, 0.05) is 18.7 Å². The fourth-order valence-electron chi connectivity index (χ4n) is 4.00. The van der Waals surface area contributed by atoms with E-state index in [1.807, 2.05) is 39.8 Å². The molecule has 4 N–H and O–H groups in total. The third kappa shape index (κ3) is 7.94. The predicted molar refractivity (Wildman–Crippen MR) is 140 cm³/mol. The van der Waals surface area contributed by atoms with E-state index in [0.29, 0.717) is 23.1 Å². The van der Waals surface area contributed by atoms with Crippen LogP contribution in [-0.4, -0.2) is 34.5 Å². The number of amides is 2. The Morgan fingerprint density at radius 1 is 1.03 bits per heavy atom. The van der Waals surface area contributed by atoms with Gasteiger partial charge in [0.25, 0.3) is 5.56 Å². The second-order valence-corrected chi connectivity index (χ2v) is 7.84. The SMILES string of the molecule is CC.CC.Cc1nc2cccc(NCCCCCCCCN)c2c(=O)n1C1CCC(=O)NC1=O. The van der Waals surface area contributed by atoms with E-state index in [4.69, 9.17) is 5.73 Å². The number of rotatable bonds is 10. The average molecular weight is 474 g/mol. The molecule has 1 aliphatic heterocycles. The summed E-state index contributed by atoms with van der Waals surface area (Å²) >= 11 is 0. The highest BCUT2D eigenvalue weighted by Gasteiger charge is 2.30. The third-order valence-corrected chi connectivity index (χ3v) is 5.57. The molecule has 0 saturated carbocycles. The summed E-state index contributed by atoms with van der Waals surface area (Å²) in [6.45, 7) is 11.2. The molecular weight excluding hydrogens is 430 g/mol. The largest absolute Gasteiger partial charge is 0.384 e. The van der Waals surface area contributed by atoms with E-state index in [0.717, 1.165) is 38.0 Å². The average Bonchev–Trinajstić information content (AvgIpc) is 2.84. The smallest absolute Gasteiger partial charge is 0.264 e. The van der Waals surface area contributed by atoms with Crippen LogP contribution in [0.15, 0.2) is 23.0 Å². The lowest BCUT2D eigenvalue weighted by atomic mass is 10.1. The van der Waals surface area contributed by atoms with Gasteiger partial charge in [0.2, 0.25) is 11.8 Å². The first-order valence-electron chi connectivity index (χ1n) is 12.8. The van der Waals surface area contributed by atoms with E-state index >= 15 is 0 Å². The molecule has 2 aromatic rings. The minimum absolute atomic E-state index is 0.214. The van der Waals surface area contributed by atoms with Crippen molar-refractivity contribution in [3.63, 3.8) is 0 Å². The molecule has 1 aromatic carbocycles. The van der Waals surface area contributed by atoms with Crippen molar-refractivity contribution in [3.05, 3.63) is 34.4 Å². The maximum atomic E-state index is 13.3. The molecule has 1 fully saturated rings. The van der Waals surface area contributed by atoms with Crippen molar-refractivity contribution < 1.29 is 9.59 Å². The van der Waals surface area contributed by atoms with E-state index in [2.05, 4.69) is 15.6 Å². The fraction of sp³-hybridized carbons (Fsp3) is 0.615. The van der Waals surface area contributed by atoms with Crippen molar-refractivity contribution in [2.75, 3.05) is 18.4 Å². The number of piperidine rings is 1. The highest BCUT2D eigenvalue weighted by atomic mass is 16.2. The molecule has 1 aliphatic rings. The Hall–Kier alpha value is -2.74. The van der Waals surface area contributed by atoms with E-state index in [9.17, 15) is 14.4 Å². The standard InChI is InChI=1S/C22H31N5O3.2C2H6/c1-15-25-17-10-8-9-16(24-14-7-5-3-2-4-6-13-23)20(17)22(30)27(15)18-11-12-19(28)26-21(18)29;2*1-2/h8-10,18,24H,2-7,11-14,23H2,1H3,(H,26,28,29);2*1-2H3. The van der Waals surface area contributed by atoms with Gasteiger partial charge in [0.1, 0.15) is 11.9 Å². The van der Waals surface area contributed by atoms with Crippen LogP contribution in [-0.2, 0) is 9.59 Å². The highest BCUT2D eigenvalue weighted by Crippen LogP contribution is 2.23. The second-order valence-electron chi connectivity index (χ2n) is 7.84. The zero-order valence-electron chi connectivity index (χ0n) is 21.6. The summed E-state index contributed by atoms with van der Waals surface area (Å²) in [6, 6.07) is 4.84. The van der Waals surface area contributed by atoms with Crippen LogP contribution in [0.25, 0.3) is 10.9 Å². The van der Waals surface area contributed by atoms with Crippen LogP contribution in [0.5, 0.6) is 0 Å². The van der Waals surface area contributed by atoms with Gasteiger partial charge >= 0.3 is 0 Å². The van der Waals surface area contributed by atoms with Crippen molar-refractivity contribution in [2.45, 2.75) is 92.0 Å². The Morgan fingerprint density at radius 3 is 2.32 bits per heavy atom. The van der Waals surface area contributed by atoms with Crippen molar-refractivity contribution in [1.82, 2.24) is 14.9 Å². The third-order valence-electron chi connectivity index (χ3n) is 5.57. The lowest BCUT2D eigenvalue weighted by Gasteiger charge is -2.24. The molecular formula is C26H43N5O3. The lowest BCUT2D eigenvalue weighted by Crippen LogP contribution is -2.45. The molecule has 8 heteroatoms. The van der Waals surface area contributed by atoms with E-state index in [-0.39, 0.29) is 17.9 Å². The van der Waals surface area contributed by atoms with Crippen LogP contribution in [0, 0.1) is 6.92 Å². The van der Waals surface area contributed by atoms with Crippen molar-refractivity contribution >= 4 is 28.4 Å². The molecule has 190 valence electrons. The molecule has 1 atom stereocenters. The monoisotopic (exact) mass is 473 g/mol. The van der Waals surface area contributed by atoms with Crippen molar-refractivity contribution in [3.8, 4) is 0 Å². The summed E-state index contributed by atoms with van der Waals surface area (Å²) in [5.74, 6) is -0.282. The number of benzene rings is 1. The van der Waals surface area contributed by atoms with Crippen LogP contribution < -0.4 is 21.9 Å². The number of anilines is 1. The minimum Gasteiger partial charge on any atom is -0.384 e. The number of aryl methyl sites for hydroxylation is 1. The molecule has 2 amide bonds. The molecule has 0 spiro atoms. The van der Waals surface area contributed by atoms with Gasteiger partial charge in [-0.1, -0.05) is 59.4 Å². The Morgan fingerprint density at radius 2 is 1.68 bits per heavy atom. The van der Waals surface area contributed by atoms with Gasteiger partial charge in [0.05, 0.1) is 10.9 Å². The van der Waals surface area contributed by atoms with Crippen LogP contribution in [0.1, 0.15) is 90.9 Å². The maximum absolute atomic E-state index is 13.3. The topological polar surface area (TPSA) is 119 Å². The number of carbonyl (C=O) groups excluding carboxylic acids is 2. The number of hydrogen-bond acceptors (Lipinski definition) is 6. The molecule has 8 nitrogen and oxygen atoms in total. The van der Waals surface area contributed by atoms with Gasteiger partial charge in [-0.3, -0.25) is 24.3 Å². The van der Waals surface area contributed by atoms with Gasteiger partial charge in [0.15, 0.2) is 0 Å². The zero-order valence-corrected chi connectivity index (χ0v) is 21.6. The zero-order chi connectivity index (χ0) is 25.5. The van der Waals surface area contributed by atoms with Gasteiger partial charge in [-0.2, -0.15) is 0 Å². The number of carbonyl (C=O) groups is 2. The fourth-order valence-corrected chi connectivity index (χ4v) is 4.00. The molecule has 0 aliphatic carbocycles. The van der Waals surface area contributed by atoms with Crippen LogP contribution in [0.2, 0.25) is 0 Å². The first-order valence-corrected chi connectivity index (χ1v) is 12.8. The normalized spacial score (nSPS) is 15.1. The first kappa shape index (κ1) is 29.3. The Kier molecular flexibility index (Phi) is 13.8. The Bertz CT molecular complexity index is 971. The van der Waals surface area contributed by atoms with Crippen molar-refractivity contribution in [1.29, 1.82) is 0 Å². The molecule has 1 aromatic heterocycles. The van der Waals surface area contributed by atoms with Gasteiger partial charge in [-0.15, -0.1) is 0 Å². The molecule has 1 unspecified atom stereocenters. The van der Waals surface area contributed by atoms with E-state index in [1.165, 1.54) is 23.8 Å². The summed E-state index contributed by atoms with van der Waals surface area (Å²) in [5, 5.41) is 6.18. The lowest BCUT2D eigenvalue weighted by molar-refractivity contribution is -0.135. The van der Waals surface area contributed by atoms with E-state index < -0.39 is 11.9 Å². The second kappa shape index (κ2) is 16.0. The number of fused-ring (bicyclic) bond motifs is 1. The number of hydrogen-bond donors (Lipinski definition) is 3.